The van der Waals surface area contributed by atoms with Crippen LogP contribution in [0.2, 0.25) is 0 Å². The Morgan fingerprint density at radius 3 is 2.61 bits per heavy atom. The van der Waals surface area contributed by atoms with E-state index >= 15 is 0 Å². The Kier molecular flexibility index (Phi) is 4.93. The van der Waals surface area contributed by atoms with Crippen molar-refractivity contribution in [3.8, 4) is 11.5 Å². The molecule has 0 N–H and O–H groups in total. The van der Waals surface area contributed by atoms with E-state index in [-0.39, 0.29) is 11.5 Å². The molecule has 0 aromatic heterocycles. The van der Waals surface area contributed by atoms with Crippen molar-refractivity contribution < 1.29 is 14.3 Å². The zero-order valence-corrected chi connectivity index (χ0v) is 18.1. The van der Waals surface area contributed by atoms with Crippen LogP contribution in [0.1, 0.15) is 47.3 Å². The number of hydrogen-bond acceptors (Lipinski definition) is 3. The van der Waals surface area contributed by atoms with Crippen LogP contribution in [0.25, 0.3) is 0 Å². The van der Waals surface area contributed by atoms with Gasteiger partial charge in [0.25, 0.3) is 5.91 Å². The molecular formula is C27H27NO3. The summed E-state index contributed by atoms with van der Waals surface area (Å²) in [6, 6.07) is 22.0. The van der Waals surface area contributed by atoms with E-state index < -0.39 is 0 Å². The highest BCUT2D eigenvalue weighted by molar-refractivity contribution is 6.06. The van der Waals surface area contributed by atoms with Gasteiger partial charge < -0.3 is 14.4 Å². The second-order valence-electron chi connectivity index (χ2n) is 8.96. The fraction of sp³-hybridized carbons (Fsp3) is 0.296. The molecule has 0 radical (unpaired) electrons. The molecule has 4 nitrogen and oxygen atoms in total. The number of rotatable bonds is 4. The third kappa shape index (κ3) is 3.90. The van der Waals surface area contributed by atoms with Gasteiger partial charge in [-0.15, -0.1) is 0 Å². The van der Waals surface area contributed by atoms with Gasteiger partial charge in [-0.05, 0) is 62.1 Å². The van der Waals surface area contributed by atoms with Crippen LogP contribution in [0.4, 0.5) is 5.69 Å². The van der Waals surface area contributed by atoms with E-state index in [0.29, 0.717) is 12.2 Å². The van der Waals surface area contributed by atoms with Crippen LogP contribution in [0, 0.1) is 0 Å². The van der Waals surface area contributed by atoms with Crippen molar-refractivity contribution in [2.24, 2.45) is 0 Å². The first-order chi connectivity index (χ1) is 15.0. The fourth-order valence-corrected chi connectivity index (χ4v) is 4.51. The molecule has 0 atom stereocenters. The molecule has 2 aliphatic heterocycles. The Balaban J connectivity index is 1.28. The summed E-state index contributed by atoms with van der Waals surface area (Å²) < 4.78 is 12.2. The topological polar surface area (TPSA) is 38.8 Å². The number of hydrogen-bond donors (Lipinski definition) is 0. The normalized spacial score (nSPS) is 16.3. The predicted molar refractivity (Wildman–Crippen MR) is 122 cm³/mol. The summed E-state index contributed by atoms with van der Waals surface area (Å²) in [6.45, 7) is 5.37. The molecule has 31 heavy (non-hydrogen) atoms. The lowest BCUT2D eigenvalue weighted by Crippen LogP contribution is -2.35. The molecule has 3 aromatic rings. The van der Waals surface area contributed by atoms with Gasteiger partial charge in [0.2, 0.25) is 0 Å². The van der Waals surface area contributed by atoms with Gasteiger partial charge in [0.1, 0.15) is 12.2 Å². The van der Waals surface area contributed by atoms with E-state index in [0.717, 1.165) is 48.6 Å². The van der Waals surface area contributed by atoms with Gasteiger partial charge in [-0.1, -0.05) is 42.5 Å². The van der Waals surface area contributed by atoms with Crippen LogP contribution in [0.15, 0.2) is 66.7 Å². The molecule has 158 valence electrons. The van der Waals surface area contributed by atoms with Crippen molar-refractivity contribution >= 4 is 11.6 Å². The largest absolute Gasteiger partial charge is 0.485 e. The highest BCUT2D eigenvalue weighted by Gasteiger charge is 2.32. The molecule has 0 saturated heterocycles. The average molecular weight is 414 g/mol. The van der Waals surface area contributed by atoms with E-state index in [1.807, 2.05) is 59.5 Å². The minimum atomic E-state index is -0.198. The van der Waals surface area contributed by atoms with Gasteiger partial charge in [0.05, 0.1) is 0 Å². The first-order valence-corrected chi connectivity index (χ1v) is 10.9. The van der Waals surface area contributed by atoms with Crippen LogP contribution in [-0.4, -0.2) is 18.1 Å². The van der Waals surface area contributed by atoms with Crippen molar-refractivity contribution in [3.63, 3.8) is 0 Å². The standard InChI is InChI=1S/C27H27NO3/c1-27(2)17-22-8-5-11-24(25(22)31-27)30-18-19-12-14-21(15-13-19)26(29)28-16-6-9-20-7-3-4-10-23(20)28/h3-5,7-8,10-15H,6,9,16-18H2,1-2H3. The van der Waals surface area contributed by atoms with Crippen molar-refractivity contribution in [1.82, 2.24) is 0 Å². The van der Waals surface area contributed by atoms with Crippen LogP contribution in [-0.2, 0) is 19.4 Å². The Morgan fingerprint density at radius 2 is 1.77 bits per heavy atom. The van der Waals surface area contributed by atoms with E-state index in [2.05, 4.69) is 26.0 Å². The Bertz CT molecular complexity index is 1120. The lowest BCUT2D eigenvalue weighted by molar-refractivity contribution is 0.0985. The first kappa shape index (κ1) is 19.7. The zero-order valence-electron chi connectivity index (χ0n) is 18.1. The Hall–Kier alpha value is -3.27. The second kappa shape index (κ2) is 7.77. The predicted octanol–water partition coefficient (Wildman–Crippen LogP) is 5.57. The molecule has 4 heteroatoms. The number of anilines is 1. The number of nitrogens with zero attached hydrogens (tertiary/aromatic N) is 1. The van der Waals surface area contributed by atoms with Crippen LogP contribution >= 0.6 is 0 Å². The molecule has 2 heterocycles. The number of fused-ring (bicyclic) bond motifs is 2. The Morgan fingerprint density at radius 1 is 1.00 bits per heavy atom. The third-order valence-corrected chi connectivity index (χ3v) is 6.01. The summed E-state index contributed by atoms with van der Waals surface area (Å²) in [5.41, 5.74) is 4.98. The van der Waals surface area contributed by atoms with Gasteiger partial charge in [-0.25, -0.2) is 0 Å². The zero-order chi connectivity index (χ0) is 21.4. The summed E-state index contributed by atoms with van der Waals surface area (Å²) in [5, 5.41) is 0. The summed E-state index contributed by atoms with van der Waals surface area (Å²) in [5.74, 6) is 1.67. The number of benzene rings is 3. The molecule has 3 aromatic carbocycles. The molecule has 0 fully saturated rings. The molecule has 0 bridgehead atoms. The van der Waals surface area contributed by atoms with Crippen molar-refractivity contribution in [1.29, 1.82) is 0 Å². The molecular weight excluding hydrogens is 386 g/mol. The van der Waals surface area contributed by atoms with Crippen LogP contribution in [0.3, 0.4) is 0 Å². The number of aryl methyl sites for hydroxylation is 1. The molecule has 0 spiro atoms. The average Bonchev–Trinajstić information content (AvgIpc) is 3.11. The summed E-state index contributed by atoms with van der Waals surface area (Å²) >= 11 is 0. The summed E-state index contributed by atoms with van der Waals surface area (Å²) in [6.07, 6.45) is 2.91. The molecule has 1 amide bonds. The lowest BCUT2D eigenvalue weighted by Gasteiger charge is -2.29. The number of amides is 1. The Labute approximate surface area is 183 Å². The minimum absolute atomic E-state index is 0.0520. The van der Waals surface area contributed by atoms with Crippen molar-refractivity contribution in [2.75, 3.05) is 11.4 Å². The second-order valence-corrected chi connectivity index (χ2v) is 8.96. The third-order valence-electron chi connectivity index (χ3n) is 6.01. The molecule has 0 unspecified atom stereocenters. The minimum Gasteiger partial charge on any atom is -0.485 e. The smallest absolute Gasteiger partial charge is 0.258 e. The van der Waals surface area contributed by atoms with Gasteiger partial charge in [-0.3, -0.25) is 4.79 Å². The van der Waals surface area contributed by atoms with Crippen LogP contribution in [0.5, 0.6) is 11.5 Å². The van der Waals surface area contributed by atoms with Crippen LogP contribution < -0.4 is 14.4 Å². The summed E-state index contributed by atoms with van der Waals surface area (Å²) in [4.78, 5) is 15.0. The van der Waals surface area contributed by atoms with E-state index in [1.165, 1.54) is 11.1 Å². The highest BCUT2D eigenvalue weighted by Crippen LogP contribution is 2.42. The van der Waals surface area contributed by atoms with E-state index in [4.69, 9.17) is 9.47 Å². The molecule has 0 aliphatic carbocycles. The maximum atomic E-state index is 13.1. The SMILES string of the molecule is CC1(C)Cc2cccc(OCc3ccc(C(=O)N4CCCc5ccccc54)cc3)c2O1. The van der Waals surface area contributed by atoms with E-state index in [9.17, 15) is 4.79 Å². The fourth-order valence-electron chi connectivity index (χ4n) is 4.51. The van der Waals surface area contributed by atoms with Gasteiger partial charge in [0, 0.05) is 29.8 Å². The van der Waals surface area contributed by atoms with Crippen molar-refractivity contribution in [3.05, 3.63) is 89.0 Å². The number of carbonyl (C=O) groups is 1. The van der Waals surface area contributed by atoms with Gasteiger partial charge in [-0.2, -0.15) is 0 Å². The maximum absolute atomic E-state index is 13.1. The maximum Gasteiger partial charge on any atom is 0.258 e. The summed E-state index contributed by atoms with van der Waals surface area (Å²) in [7, 11) is 0. The number of para-hydroxylation sites is 2. The quantitative estimate of drug-likeness (QED) is 0.561. The van der Waals surface area contributed by atoms with Gasteiger partial charge >= 0.3 is 0 Å². The molecule has 5 rings (SSSR count). The monoisotopic (exact) mass is 413 g/mol. The van der Waals surface area contributed by atoms with Gasteiger partial charge in [0.15, 0.2) is 11.5 Å². The molecule has 0 saturated carbocycles. The van der Waals surface area contributed by atoms with E-state index in [1.54, 1.807) is 0 Å². The van der Waals surface area contributed by atoms with Crippen molar-refractivity contribution in [2.45, 2.75) is 45.3 Å². The first-order valence-electron chi connectivity index (χ1n) is 10.9. The molecule has 2 aliphatic rings. The highest BCUT2D eigenvalue weighted by atomic mass is 16.5. The number of ether oxygens (including phenoxy) is 2. The lowest BCUT2D eigenvalue weighted by atomic mass is 10.0. The number of carbonyl (C=O) groups excluding carboxylic acids is 1.